The molecule has 25 heavy (non-hydrogen) atoms. The van der Waals surface area contributed by atoms with Crippen LogP contribution in [0, 0.1) is 0 Å². The first-order valence-electron chi connectivity index (χ1n) is 8.79. The number of nitrogens with zero attached hydrogens (tertiary/aromatic N) is 1. The zero-order valence-electron chi connectivity index (χ0n) is 15.0. The van der Waals surface area contributed by atoms with E-state index >= 15 is 0 Å². The first-order valence-corrected chi connectivity index (χ1v) is 8.79. The maximum Gasteiger partial charge on any atom is 0.139 e. The molecule has 0 aliphatic carbocycles. The highest BCUT2D eigenvalue weighted by Crippen LogP contribution is 2.36. The molecule has 4 heteroatoms. The first kappa shape index (κ1) is 18.8. The minimum atomic E-state index is 0.243. The zero-order valence-corrected chi connectivity index (χ0v) is 15.0. The molecule has 0 aliphatic heterocycles. The minimum absolute atomic E-state index is 0.243. The molecule has 0 saturated carbocycles. The topological polar surface area (TPSA) is 60.8 Å². The van der Waals surface area contributed by atoms with E-state index < -0.39 is 0 Å². The second kappa shape index (κ2) is 9.11. The molecule has 2 N–H and O–H groups in total. The van der Waals surface area contributed by atoms with Gasteiger partial charge in [0.15, 0.2) is 0 Å². The Bertz CT molecular complexity index is 693. The lowest BCUT2D eigenvalue weighted by Gasteiger charge is -2.19. The van der Waals surface area contributed by atoms with Crippen molar-refractivity contribution in [3.8, 4) is 22.6 Å². The molecule has 0 atom stereocenters. The number of carbonyl (C=O) groups is 1. The van der Waals surface area contributed by atoms with Crippen LogP contribution < -0.4 is 4.90 Å². The normalized spacial score (nSPS) is 10.6. The van der Waals surface area contributed by atoms with Gasteiger partial charge in [0.1, 0.15) is 17.8 Å². The summed E-state index contributed by atoms with van der Waals surface area (Å²) in [6, 6.07) is 11.0. The summed E-state index contributed by atoms with van der Waals surface area (Å²) in [6.45, 7) is 0. The van der Waals surface area contributed by atoms with Gasteiger partial charge >= 0.3 is 0 Å². The van der Waals surface area contributed by atoms with Crippen LogP contribution in [-0.4, -0.2) is 30.6 Å². The van der Waals surface area contributed by atoms with Gasteiger partial charge in [-0.25, -0.2) is 0 Å². The van der Waals surface area contributed by atoms with Gasteiger partial charge in [0.25, 0.3) is 0 Å². The van der Waals surface area contributed by atoms with Crippen molar-refractivity contribution in [2.24, 2.45) is 0 Å². The molecule has 134 valence electrons. The van der Waals surface area contributed by atoms with E-state index in [1.54, 1.807) is 12.1 Å². The SMILES string of the molecule is CN(C)c1cc(-c2ccc(O)cc2)c(CCCCCCC=O)cc1O. The Hall–Kier alpha value is -2.49. The van der Waals surface area contributed by atoms with Gasteiger partial charge in [-0.15, -0.1) is 0 Å². The van der Waals surface area contributed by atoms with Crippen LogP contribution in [0.1, 0.15) is 37.7 Å². The van der Waals surface area contributed by atoms with E-state index in [2.05, 4.69) is 0 Å². The van der Waals surface area contributed by atoms with Crippen molar-refractivity contribution < 1.29 is 15.0 Å². The fourth-order valence-corrected chi connectivity index (χ4v) is 2.99. The van der Waals surface area contributed by atoms with Crippen LogP contribution in [-0.2, 0) is 11.2 Å². The van der Waals surface area contributed by atoms with Crippen molar-refractivity contribution >= 4 is 12.0 Å². The Labute approximate surface area is 149 Å². The Kier molecular flexibility index (Phi) is 6.87. The van der Waals surface area contributed by atoms with E-state index in [1.165, 1.54) is 0 Å². The third kappa shape index (κ3) is 5.24. The number of benzene rings is 2. The number of aromatic hydroxyl groups is 2. The quantitative estimate of drug-likeness (QED) is 0.520. The molecule has 0 spiro atoms. The summed E-state index contributed by atoms with van der Waals surface area (Å²) in [6.07, 6.45) is 6.56. The molecule has 4 nitrogen and oxygen atoms in total. The van der Waals surface area contributed by atoms with Gasteiger partial charge < -0.3 is 19.9 Å². The Morgan fingerprint density at radius 3 is 2.28 bits per heavy atom. The van der Waals surface area contributed by atoms with Crippen molar-refractivity contribution in [2.75, 3.05) is 19.0 Å². The number of hydrogen-bond acceptors (Lipinski definition) is 4. The van der Waals surface area contributed by atoms with E-state index in [4.69, 9.17) is 0 Å². The van der Waals surface area contributed by atoms with E-state index in [9.17, 15) is 15.0 Å². The second-order valence-electron chi connectivity index (χ2n) is 6.56. The number of phenols is 2. The maximum absolute atomic E-state index is 10.4. The van der Waals surface area contributed by atoms with Gasteiger partial charge in [0.2, 0.25) is 0 Å². The predicted octanol–water partition coefficient (Wildman–Crippen LogP) is 4.52. The first-order chi connectivity index (χ1) is 12.0. The standard InChI is InChI=1S/C21H27NO3/c1-22(2)20-15-19(16-9-11-18(24)12-10-16)17(14-21(20)25)8-6-4-3-5-7-13-23/h9-15,24-25H,3-8H2,1-2H3. The van der Waals surface area contributed by atoms with Crippen LogP contribution in [0.5, 0.6) is 11.5 Å². The number of anilines is 1. The zero-order chi connectivity index (χ0) is 18.2. The molecule has 0 unspecified atom stereocenters. The third-order valence-corrected chi connectivity index (χ3v) is 4.38. The number of carbonyl (C=O) groups excluding carboxylic acids is 1. The summed E-state index contributed by atoms with van der Waals surface area (Å²) in [7, 11) is 3.81. The summed E-state index contributed by atoms with van der Waals surface area (Å²) in [5.74, 6) is 0.524. The highest BCUT2D eigenvalue weighted by molar-refractivity contribution is 5.75. The van der Waals surface area contributed by atoms with Gasteiger partial charge in [0.05, 0.1) is 5.69 Å². The molecule has 0 aromatic heterocycles. The Morgan fingerprint density at radius 2 is 1.64 bits per heavy atom. The molecule has 2 aromatic rings. The molecule has 0 fully saturated rings. The molecule has 0 heterocycles. The van der Waals surface area contributed by atoms with Crippen LogP contribution in [0.25, 0.3) is 11.1 Å². The van der Waals surface area contributed by atoms with Gasteiger partial charge in [-0.2, -0.15) is 0 Å². The number of hydrogen-bond donors (Lipinski definition) is 2. The van der Waals surface area contributed by atoms with Gasteiger partial charge in [-0.05, 0) is 60.2 Å². The maximum atomic E-state index is 10.4. The molecule has 0 aliphatic rings. The lowest BCUT2D eigenvalue weighted by Crippen LogP contribution is -2.09. The average molecular weight is 341 g/mol. The molecule has 0 amide bonds. The number of phenolic OH excluding ortho intramolecular Hbond substituents is 2. The van der Waals surface area contributed by atoms with E-state index in [0.717, 1.165) is 60.8 Å². The van der Waals surface area contributed by atoms with Crippen molar-refractivity contribution in [2.45, 2.75) is 38.5 Å². The number of aldehydes is 1. The van der Waals surface area contributed by atoms with E-state index in [-0.39, 0.29) is 11.5 Å². The van der Waals surface area contributed by atoms with Crippen LogP contribution in [0.4, 0.5) is 5.69 Å². The molecule has 2 rings (SSSR count). The van der Waals surface area contributed by atoms with Crippen LogP contribution in [0.15, 0.2) is 36.4 Å². The fraction of sp³-hybridized carbons (Fsp3) is 0.381. The average Bonchev–Trinajstić information content (AvgIpc) is 2.58. The monoisotopic (exact) mass is 341 g/mol. The Morgan fingerprint density at radius 1 is 0.960 bits per heavy atom. The summed E-state index contributed by atoms with van der Waals surface area (Å²) >= 11 is 0. The lowest BCUT2D eigenvalue weighted by molar-refractivity contribution is -0.107. The molecule has 0 bridgehead atoms. The molecule has 0 radical (unpaired) electrons. The van der Waals surface area contributed by atoms with Crippen LogP contribution >= 0.6 is 0 Å². The van der Waals surface area contributed by atoms with Gasteiger partial charge in [-0.1, -0.05) is 25.0 Å². The lowest BCUT2D eigenvalue weighted by atomic mass is 9.94. The number of unbranched alkanes of at least 4 members (excludes halogenated alkanes) is 4. The summed E-state index contributed by atoms with van der Waals surface area (Å²) in [5.41, 5.74) is 3.98. The minimum Gasteiger partial charge on any atom is -0.508 e. The van der Waals surface area contributed by atoms with Gasteiger partial charge in [-0.3, -0.25) is 0 Å². The molecular formula is C21H27NO3. The number of rotatable bonds is 9. The van der Waals surface area contributed by atoms with Crippen molar-refractivity contribution in [3.05, 3.63) is 42.0 Å². The van der Waals surface area contributed by atoms with Crippen molar-refractivity contribution in [1.82, 2.24) is 0 Å². The highest BCUT2D eigenvalue weighted by Gasteiger charge is 2.12. The van der Waals surface area contributed by atoms with Crippen LogP contribution in [0.2, 0.25) is 0 Å². The summed E-state index contributed by atoms with van der Waals surface area (Å²) < 4.78 is 0. The number of aryl methyl sites for hydroxylation is 1. The van der Waals surface area contributed by atoms with Crippen molar-refractivity contribution in [1.29, 1.82) is 0 Å². The van der Waals surface area contributed by atoms with Crippen LogP contribution in [0.3, 0.4) is 0 Å². The molecular weight excluding hydrogens is 314 g/mol. The molecule has 0 saturated heterocycles. The summed E-state index contributed by atoms with van der Waals surface area (Å²) in [5, 5.41) is 19.9. The fourth-order valence-electron chi connectivity index (χ4n) is 2.99. The summed E-state index contributed by atoms with van der Waals surface area (Å²) in [4.78, 5) is 12.3. The van der Waals surface area contributed by atoms with Gasteiger partial charge in [0, 0.05) is 20.5 Å². The van der Waals surface area contributed by atoms with E-state index in [0.29, 0.717) is 6.42 Å². The Balaban J connectivity index is 2.22. The smallest absolute Gasteiger partial charge is 0.139 e. The van der Waals surface area contributed by atoms with E-state index in [1.807, 2.05) is 43.3 Å². The highest BCUT2D eigenvalue weighted by atomic mass is 16.3. The molecule has 2 aromatic carbocycles. The van der Waals surface area contributed by atoms with Crippen molar-refractivity contribution in [3.63, 3.8) is 0 Å². The predicted molar refractivity (Wildman–Crippen MR) is 102 cm³/mol. The third-order valence-electron chi connectivity index (χ3n) is 4.38. The second-order valence-corrected chi connectivity index (χ2v) is 6.56. The largest absolute Gasteiger partial charge is 0.508 e.